The monoisotopic (exact) mass is 244 g/mol. The molecule has 90 valence electrons. The molecule has 0 atom stereocenters. The summed E-state index contributed by atoms with van der Waals surface area (Å²) in [7, 11) is 1.86. The van der Waals surface area contributed by atoms with E-state index in [1.54, 1.807) is 12.3 Å². The van der Waals surface area contributed by atoms with E-state index >= 15 is 0 Å². The highest BCUT2D eigenvalue weighted by atomic mass is 35.5. The third-order valence-corrected chi connectivity index (χ3v) is 2.84. The predicted octanol–water partition coefficient (Wildman–Crippen LogP) is 3.59. The van der Waals surface area contributed by atoms with Crippen LogP contribution >= 0.6 is 11.6 Å². The molecule has 0 saturated heterocycles. The van der Waals surface area contributed by atoms with E-state index in [4.69, 9.17) is 11.6 Å². The minimum absolute atomic E-state index is 0.185. The van der Waals surface area contributed by atoms with Crippen molar-refractivity contribution in [3.63, 3.8) is 0 Å². The zero-order chi connectivity index (χ0) is 12.0. The molecule has 1 aromatic rings. The minimum Gasteiger partial charge on any atom is -0.357 e. The normalized spacial score (nSPS) is 10.5. The number of hydrogen-bond acceptors (Lipinski definition) is 2. The van der Waals surface area contributed by atoms with Gasteiger partial charge in [0.2, 0.25) is 0 Å². The lowest BCUT2D eigenvalue weighted by atomic mass is 10.2. The van der Waals surface area contributed by atoms with Gasteiger partial charge in [0.05, 0.1) is 5.88 Å². The molecule has 1 rings (SSSR count). The van der Waals surface area contributed by atoms with Crippen LogP contribution in [-0.4, -0.2) is 18.6 Å². The molecule has 0 fully saturated rings. The van der Waals surface area contributed by atoms with E-state index in [-0.39, 0.29) is 11.7 Å². The van der Waals surface area contributed by atoms with Gasteiger partial charge >= 0.3 is 0 Å². The van der Waals surface area contributed by atoms with Crippen LogP contribution < -0.4 is 4.90 Å². The lowest BCUT2D eigenvalue weighted by molar-refractivity contribution is 0.599. The Balaban J connectivity index is 2.71. The zero-order valence-corrected chi connectivity index (χ0v) is 10.6. The van der Waals surface area contributed by atoms with E-state index < -0.39 is 0 Å². The summed E-state index contributed by atoms with van der Waals surface area (Å²) in [5.74, 6) is 0.287. The van der Waals surface area contributed by atoms with Crippen LogP contribution in [0.25, 0.3) is 0 Å². The number of pyridine rings is 1. The number of nitrogens with zero attached hydrogens (tertiary/aromatic N) is 2. The molecule has 0 radical (unpaired) electrons. The molecule has 4 heteroatoms. The molecule has 1 heterocycles. The van der Waals surface area contributed by atoms with Gasteiger partial charge < -0.3 is 4.90 Å². The van der Waals surface area contributed by atoms with Crippen LogP contribution in [0, 0.1) is 5.82 Å². The molecule has 0 N–H and O–H groups in total. The second kappa shape index (κ2) is 6.69. The SMILES string of the molecule is CCCCCN(C)c1nccc(CCl)c1F. The van der Waals surface area contributed by atoms with E-state index in [1.165, 1.54) is 0 Å². The third kappa shape index (κ3) is 3.34. The summed E-state index contributed by atoms with van der Waals surface area (Å²) in [5, 5.41) is 0. The van der Waals surface area contributed by atoms with E-state index in [0.29, 0.717) is 11.4 Å². The number of rotatable bonds is 6. The topological polar surface area (TPSA) is 16.1 Å². The Kier molecular flexibility index (Phi) is 5.53. The van der Waals surface area contributed by atoms with Crippen LogP contribution in [0.3, 0.4) is 0 Å². The molecule has 0 aromatic carbocycles. The first-order chi connectivity index (χ1) is 7.70. The van der Waals surface area contributed by atoms with Crippen LogP contribution in [0.4, 0.5) is 10.2 Å². The maximum atomic E-state index is 13.8. The molecule has 0 unspecified atom stereocenters. The maximum absolute atomic E-state index is 13.8. The summed E-state index contributed by atoms with van der Waals surface area (Å²) in [6, 6.07) is 1.62. The average molecular weight is 245 g/mol. The summed E-state index contributed by atoms with van der Waals surface area (Å²) in [6.07, 6.45) is 4.97. The van der Waals surface area contributed by atoms with Gasteiger partial charge in [0.1, 0.15) is 0 Å². The Morgan fingerprint density at radius 3 is 2.81 bits per heavy atom. The summed E-state index contributed by atoms with van der Waals surface area (Å²) in [6.45, 7) is 2.97. The van der Waals surface area contributed by atoms with E-state index in [1.807, 2.05) is 11.9 Å². The van der Waals surface area contributed by atoms with E-state index in [9.17, 15) is 4.39 Å². The Bertz CT molecular complexity index is 331. The number of hydrogen-bond donors (Lipinski definition) is 0. The highest BCUT2D eigenvalue weighted by Crippen LogP contribution is 2.20. The minimum atomic E-state index is -0.295. The summed E-state index contributed by atoms with van der Waals surface area (Å²) >= 11 is 5.65. The second-order valence-electron chi connectivity index (χ2n) is 3.87. The van der Waals surface area contributed by atoms with Crippen molar-refractivity contribution in [3.05, 3.63) is 23.6 Å². The lowest BCUT2D eigenvalue weighted by Crippen LogP contribution is -2.21. The Hall–Kier alpha value is -0.830. The molecule has 0 aliphatic rings. The van der Waals surface area contributed by atoms with Gasteiger partial charge in [-0.1, -0.05) is 19.8 Å². The number of unbranched alkanes of at least 4 members (excludes halogenated alkanes) is 2. The van der Waals surface area contributed by atoms with Crippen molar-refractivity contribution in [2.45, 2.75) is 32.1 Å². The Morgan fingerprint density at radius 1 is 1.44 bits per heavy atom. The summed E-state index contributed by atoms with van der Waals surface area (Å²) < 4.78 is 13.8. The number of aromatic nitrogens is 1. The fourth-order valence-corrected chi connectivity index (χ4v) is 1.75. The van der Waals surface area contributed by atoms with Crippen molar-refractivity contribution in [2.75, 3.05) is 18.5 Å². The smallest absolute Gasteiger partial charge is 0.170 e. The van der Waals surface area contributed by atoms with Crippen LogP contribution in [0.1, 0.15) is 31.7 Å². The van der Waals surface area contributed by atoms with Crippen LogP contribution in [0.2, 0.25) is 0 Å². The van der Waals surface area contributed by atoms with Crippen molar-refractivity contribution >= 4 is 17.4 Å². The van der Waals surface area contributed by atoms with Gasteiger partial charge in [-0.05, 0) is 12.5 Å². The van der Waals surface area contributed by atoms with Crippen LogP contribution in [0.5, 0.6) is 0 Å². The summed E-state index contributed by atoms with van der Waals surface area (Å²) in [4.78, 5) is 5.91. The highest BCUT2D eigenvalue weighted by Gasteiger charge is 2.12. The number of alkyl halides is 1. The molecule has 16 heavy (non-hydrogen) atoms. The molecule has 0 spiro atoms. The van der Waals surface area contributed by atoms with Gasteiger partial charge in [-0.3, -0.25) is 0 Å². The Labute approximate surface area is 101 Å². The molecule has 2 nitrogen and oxygen atoms in total. The van der Waals surface area contributed by atoms with Crippen molar-refractivity contribution in [2.24, 2.45) is 0 Å². The van der Waals surface area contributed by atoms with Gasteiger partial charge in [0.25, 0.3) is 0 Å². The standard InChI is InChI=1S/C12H18ClFN2/c1-3-4-5-8-16(2)12-11(14)10(9-13)6-7-15-12/h6-7H,3-5,8-9H2,1-2H3. The van der Waals surface area contributed by atoms with Gasteiger partial charge in [-0.2, -0.15) is 0 Å². The maximum Gasteiger partial charge on any atom is 0.170 e. The Morgan fingerprint density at radius 2 is 2.19 bits per heavy atom. The van der Waals surface area contributed by atoms with Crippen molar-refractivity contribution in [1.29, 1.82) is 0 Å². The largest absolute Gasteiger partial charge is 0.357 e. The molecular weight excluding hydrogens is 227 g/mol. The highest BCUT2D eigenvalue weighted by molar-refractivity contribution is 6.17. The lowest BCUT2D eigenvalue weighted by Gasteiger charge is -2.19. The first-order valence-electron chi connectivity index (χ1n) is 5.61. The fourth-order valence-electron chi connectivity index (χ4n) is 1.55. The average Bonchev–Trinajstić information content (AvgIpc) is 2.29. The van der Waals surface area contributed by atoms with E-state index in [0.717, 1.165) is 25.8 Å². The molecule has 0 saturated carbocycles. The number of anilines is 1. The molecule has 0 amide bonds. The zero-order valence-electron chi connectivity index (χ0n) is 9.84. The van der Waals surface area contributed by atoms with Gasteiger partial charge in [-0.15, -0.1) is 11.6 Å². The van der Waals surface area contributed by atoms with Gasteiger partial charge in [0, 0.05) is 25.4 Å². The number of halogens is 2. The van der Waals surface area contributed by atoms with Crippen molar-refractivity contribution < 1.29 is 4.39 Å². The van der Waals surface area contributed by atoms with Crippen molar-refractivity contribution in [1.82, 2.24) is 4.98 Å². The quantitative estimate of drug-likeness (QED) is 0.562. The van der Waals surface area contributed by atoms with Crippen LogP contribution in [0.15, 0.2) is 12.3 Å². The predicted molar refractivity (Wildman–Crippen MR) is 66.5 cm³/mol. The molecule has 0 aliphatic heterocycles. The third-order valence-electron chi connectivity index (χ3n) is 2.55. The first kappa shape index (κ1) is 13.2. The van der Waals surface area contributed by atoms with Crippen molar-refractivity contribution in [3.8, 4) is 0 Å². The second-order valence-corrected chi connectivity index (χ2v) is 4.14. The van der Waals surface area contributed by atoms with Gasteiger partial charge in [0.15, 0.2) is 11.6 Å². The first-order valence-corrected chi connectivity index (χ1v) is 6.14. The molecule has 0 bridgehead atoms. The fraction of sp³-hybridized carbons (Fsp3) is 0.583. The summed E-state index contributed by atoms with van der Waals surface area (Å²) in [5.41, 5.74) is 0.508. The van der Waals surface area contributed by atoms with Crippen LogP contribution in [-0.2, 0) is 5.88 Å². The molecule has 1 aromatic heterocycles. The van der Waals surface area contributed by atoms with E-state index in [2.05, 4.69) is 11.9 Å². The van der Waals surface area contributed by atoms with Gasteiger partial charge in [-0.25, -0.2) is 9.37 Å². The molecule has 0 aliphatic carbocycles. The molecular formula is C12H18ClFN2.